The van der Waals surface area contributed by atoms with Crippen molar-refractivity contribution in [3.05, 3.63) is 34.9 Å². The molecule has 1 atom stereocenters. The van der Waals surface area contributed by atoms with Crippen LogP contribution in [0.4, 0.5) is 0 Å². The highest BCUT2D eigenvalue weighted by molar-refractivity contribution is 5.97. The molecule has 2 rings (SSSR count). The van der Waals surface area contributed by atoms with Crippen molar-refractivity contribution in [3.63, 3.8) is 0 Å². The molecule has 0 aromatic heterocycles. The maximum Gasteiger partial charge on any atom is 0.252 e. The van der Waals surface area contributed by atoms with Crippen LogP contribution in [-0.4, -0.2) is 25.0 Å². The van der Waals surface area contributed by atoms with Crippen molar-refractivity contribution < 1.29 is 4.79 Å². The van der Waals surface area contributed by atoms with Crippen molar-refractivity contribution >= 4 is 5.91 Å². The number of carbonyl (C=O) groups is 1. The van der Waals surface area contributed by atoms with Crippen molar-refractivity contribution in [2.75, 3.05) is 13.1 Å². The van der Waals surface area contributed by atoms with Gasteiger partial charge in [0, 0.05) is 11.6 Å². The van der Waals surface area contributed by atoms with Crippen LogP contribution in [0.3, 0.4) is 0 Å². The van der Waals surface area contributed by atoms with E-state index in [4.69, 9.17) is 0 Å². The summed E-state index contributed by atoms with van der Waals surface area (Å²) >= 11 is 0. The lowest BCUT2D eigenvalue weighted by Crippen LogP contribution is -2.42. The molecular weight excluding hydrogens is 236 g/mol. The molecule has 1 saturated heterocycles. The first-order chi connectivity index (χ1) is 9.09. The van der Waals surface area contributed by atoms with Gasteiger partial charge in [0.05, 0.1) is 0 Å². The standard InChI is InChI=1S/C16H24N2O/c1-11-5-4-6-12(2)15(11)16(19)18-13(3)14-7-9-17-10-8-14/h4-6,13-14,17H,7-10H2,1-3H3,(H,18,19). The summed E-state index contributed by atoms with van der Waals surface area (Å²) in [7, 11) is 0. The molecule has 1 aromatic carbocycles. The van der Waals surface area contributed by atoms with E-state index in [1.54, 1.807) is 0 Å². The lowest BCUT2D eigenvalue weighted by atomic mass is 9.91. The summed E-state index contributed by atoms with van der Waals surface area (Å²) in [6.07, 6.45) is 2.29. The topological polar surface area (TPSA) is 41.1 Å². The van der Waals surface area contributed by atoms with Crippen molar-refractivity contribution in [2.45, 2.75) is 39.7 Å². The molecule has 0 radical (unpaired) electrons. The zero-order valence-corrected chi connectivity index (χ0v) is 12.1. The van der Waals surface area contributed by atoms with Gasteiger partial charge in [0.25, 0.3) is 5.91 Å². The van der Waals surface area contributed by atoms with E-state index in [-0.39, 0.29) is 11.9 Å². The molecule has 1 aliphatic rings. The predicted octanol–water partition coefficient (Wildman–Crippen LogP) is 2.42. The molecular formula is C16H24N2O. The Hall–Kier alpha value is -1.35. The van der Waals surface area contributed by atoms with Gasteiger partial charge in [-0.25, -0.2) is 0 Å². The molecule has 3 heteroatoms. The highest BCUT2D eigenvalue weighted by Crippen LogP contribution is 2.18. The zero-order valence-electron chi connectivity index (χ0n) is 12.1. The van der Waals surface area contributed by atoms with Crippen LogP contribution in [0, 0.1) is 19.8 Å². The van der Waals surface area contributed by atoms with Crippen molar-refractivity contribution in [1.82, 2.24) is 10.6 Å². The average molecular weight is 260 g/mol. The van der Waals surface area contributed by atoms with E-state index < -0.39 is 0 Å². The van der Waals surface area contributed by atoms with Crippen LogP contribution in [0.25, 0.3) is 0 Å². The van der Waals surface area contributed by atoms with Gasteiger partial charge in [-0.05, 0) is 63.7 Å². The molecule has 0 saturated carbocycles. The third-order valence-corrected chi connectivity index (χ3v) is 4.16. The number of amides is 1. The number of rotatable bonds is 3. The number of carbonyl (C=O) groups excluding carboxylic acids is 1. The Bertz CT molecular complexity index is 430. The first-order valence-corrected chi connectivity index (χ1v) is 7.17. The summed E-state index contributed by atoms with van der Waals surface area (Å²) in [4.78, 5) is 12.4. The van der Waals surface area contributed by atoms with E-state index >= 15 is 0 Å². The van der Waals surface area contributed by atoms with Gasteiger partial charge in [-0.3, -0.25) is 4.79 Å². The van der Waals surface area contributed by atoms with Crippen LogP contribution in [-0.2, 0) is 0 Å². The second-order valence-corrected chi connectivity index (χ2v) is 5.62. The summed E-state index contributed by atoms with van der Waals surface area (Å²) < 4.78 is 0. The number of hydrogen-bond acceptors (Lipinski definition) is 2. The molecule has 1 unspecified atom stereocenters. The Morgan fingerprint density at radius 2 is 1.84 bits per heavy atom. The molecule has 19 heavy (non-hydrogen) atoms. The Balaban J connectivity index is 2.04. The molecule has 104 valence electrons. The summed E-state index contributed by atoms with van der Waals surface area (Å²) in [5, 5.41) is 6.54. The van der Waals surface area contributed by atoms with Gasteiger partial charge in [-0.15, -0.1) is 0 Å². The molecule has 0 spiro atoms. The number of benzene rings is 1. The summed E-state index contributed by atoms with van der Waals surface area (Å²) in [5.74, 6) is 0.663. The minimum absolute atomic E-state index is 0.0710. The summed E-state index contributed by atoms with van der Waals surface area (Å²) in [6, 6.07) is 6.24. The molecule has 2 N–H and O–H groups in total. The van der Waals surface area contributed by atoms with E-state index in [9.17, 15) is 4.79 Å². The fourth-order valence-corrected chi connectivity index (χ4v) is 2.91. The van der Waals surface area contributed by atoms with Crippen LogP contribution in [0.15, 0.2) is 18.2 Å². The fraction of sp³-hybridized carbons (Fsp3) is 0.562. The van der Waals surface area contributed by atoms with Crippen LogP contribution in [0.2, 0.25) is 0 Å². The van der Waals surface area contributed by atoms with Gasteiger partial charge in [-0.2, -0.15) is 0 Å². The SMILES string of the molecule is Cc1cccc(C)c1C(=O)NC(C)C1CCNCC1. The van der Waals surface area contributed by atoms with Gasteiger partial charge >= 0.3 is 0 Å². The molecule has 1 heterocycles. The van der Waals surface area contributed by atoms with Crippen LogP contribution in [0.5, 0.6) is 0 Å². The largest absolute Gasteiger partial charge is 0.349 e. The maximum absolute atomic E-state index is 12.4. The quantitative estimate of drug-likeness (QED) is 0.876. The molecule has 3 nitrogen and oxygen atoms in total. The number of nitrogens with one attached hydrogen (secondary N) is 2. The van der Waals surface area contributed by atoms with E-state index in [2.05, 4.69) is 17.6 Å². The first kappa shape index (κ1) is 14.1. The smallest absolute Gasteiger partial charge is 0.252 e. The van der Waals surface area contributed by atoms with Crippen molar-refractivity contribution in [1.29, 1.82) is 0 Å². The van der Waals surface area contributed by atoms with E-state index in [0.29, 0.717) is 5.92 Å². The average Bonchev–Trinajstić information content (AvgIpc) is 2.39. The molecule has 0 aliphatic carbocycles. The number of aryl methyl sites for hydroxylation is 2. The van der Waals surface area contributed by atoms with Crippen molar-refractivity contribution in [2.24, 2.45) is 5.92 Å². The second kappa shape index (κ2) is 6.20. The van der Waals surface area contributed by atoms with Crippen LogP contribution >= 0.6 is 0 Å². The summed E-state index contributed by atoms with van der Waals surface area (Å²) in [5.41, 5.74) is 2.94. The lowest BCUT2D eigenvalue weighted by Gasteiger charge is -2.29. The van der Waals surface area contributed by atoms with Gasteiger partial charge in [0.15, 0.2) is 0 Å². The Labute approximate surface area is 115 Å². The fourth-order valence-electron chi connectivity index (χ4n) is 2.91. The minimum atomic E-state index is 0.0710. The van der Waals surface area contributed by atoms with E-state index in [1.807, 2.05) is 32.0 Å². The van der Waals surface area contributed by atoms with Gasteiger partial charge in [0.1, 0.15) is 0 Å². The molecule has 0 bridgehead atoms. The van der Waals surface area contributed by atoms with E-state index in [0.717, 1.165) is 42.6 Å². The lowest BCUT2D eigenvalue weighted by molar-refractivity contribution is 0.0919. The van der Waals surface area contributed by atoms with Crippen molar-refractivity contribution in [3.8, 4) is 0 Å². The Morgan fingerprint density at radius 1 is 1.26 bits per heavy atom. The Morgan fingerprint density at radius 3 is 2.42 bits per heavy atom. The number of hydrogen-bond donors (Lipinski definition) is 2. The molecule has 1 aliphatic heterocycles. The van der Waals surface area contributed by atoms with Crippen LogP contribution in [0.1, 0.15) is 41.3 Å². The highest BCUT2D eigenvalue weighted by atomic mass is 16.1. The minimum Gasteiger partial charge on any atom is -0.349 e. The molecule has 1 fully saturated rings. The van der Waals surface area contributed by atoms with E-state index in [1.165, 1.54) is 0 Å². The normalized spacial score (nSPS) is 18.1. The maximum atomic E-state index is 12.4. The molecule has 1 amide bonds. The van der Waals surface area contributed by atoms with Gasteiger partial charge < -0.3 is 10.6 Å². The predicted molar refractivity (Wildman–Crippen MR) is 78.4 cm³/mol. The summed E-state index contributed by atoms with van der Waals surface area (Å²) in [6.45, 7) is 8.25. The monoisotopic (exact) mass is 260 g/mol. The number of piperidine rings is 1. The Kier molecular flexibility index (Phi) is 4.59. The van der Waals surface area contributed by atoms with Gasteiger partial charge in [-0.1, -0.05) is 18.2 Å². The molecule has 1 aromatic rings. The third kappa shape index (κ3) is 3.35. The third-order valence-electron chi connectivity index (χ3n) is 4.16. The highest BCUT2D eigenvalue weighted by Gasteiger charge is 2.22. The van der Waals surface area contributed by atoms with Gasteiger partial charge in [0.2, 0.25) is 0 Å². The first-order valence-electron chi connectivity index (χ1n) is 7.17. The zero-order chi connectivity index (χ0) is 13.8. The second-order valence-electron chi connectivity index (χ2n) is 5.62. The van der Waals surface area contributed by atoms with Crippen LogP contribution < -0.4 is 10.6 Å².